The molecule has 0 aliphatic rings. The van der Waals surface area contributed by atoms with E-state index in [1.807, 2.05) is 64.1 Å². The molecule has 2 rings (SSSR count). The van der Waals surface area contributed by atoms with Crippen molar-refractivity contribution in [2.75, 3.05) is 0 Å². The smallest absolute Gasteiger partial charge is 0.147 e. The second-order valence-electron chi connectivity index (χ2n) is 5.86. The molecule has 1 nitrogen and oxygen atoms in total. The van der Waals surface area contributed by atoms with Crippen molar-refractivity contribution in [3.8, 4) is 0 Å². The summed E-state index contributed by atoms with van der Waals surface area (Å²) in [6.07, 6.45) is 0. The third-order valence-electron chi connectivity index (χ3n) is 4.22. The third kappa shape index (κ3) is 3.53. The van der Waals surface area contributed by atoms with E-state index in [1.54, 1.807) is 0 Å². The number of carbonyl (C=O) groups is 1. The molecule has 0 amide bonds. The van der Waals surface area contributed by atoms with Crippen molar-refractivity contribution in [1.82, 2.24) is 0 Å². The van der Waals surface area contributed by atoms with E-state index in [9.17, 15) is 4.79 Å². The van der Waals surface area contributed by atoms with Crippen LogP contribution in [-0.4, -0.2) is 5.78 Å². The number of rotatable bonds is 4. The van der Waals surface area contributed by atoms with Gasteiger partial charge in [-0.1, -0.05) is 61.3 Å². The fraction of sp³-hybridized carbons (Fsp3) is 0.316. The van der Waals surface area contributed by atoms with Crippen LogP contribution in [0.1, 0.15) is 47.9 Å². The van der Waals surface area contributed by atoms with Gasteiger partial charge < -0.3 is 0 Å². The van der Waals surface area contributed by atoms with Crippen LogP contribution in [0.15, 0.2) is 36.4 Å². The molecule has 0 bridgehead atoms. The molecule has 22 heavy (non-hydrogen) atoms. The number of benzene rings is 2. The van der Waals surface area contributed by atoms with Crippen molar-refractivity contribution in [2.45, 2.75) is 39.5 Å². The molecule has 0 heterocycles. The first-order valence-corrected chi connectivity index (χ1v) is 8.12. The summed E-state index contributed by atoms with van der Waals surface area (Å²) in [4.78, 5) is 12.8. The van der Waals surface area contributed by atoms with Crippen LogP contribution in [-0.2, 0) is 4.79 Å². The molecule has 0 aromatic heterocycles. The topological polar surface area (TPSA) is 17.1 Å². The molecule has 2 aromatic carbocycles. The van der Waals surface area contributed by atoms with E-state index < -0.39 is 0 Å². The molecule has 3 heteroatoms. The van der Waals surface area contributed by atoms with Crippen molar-refractivity contribution in [3.05, 3.63) is 68.7 Å². The minimum absolute atomic E-state index is 0.165. The molecule has 116 valence electrons. The quantitative estimate of drug-likeness (QED) is 0.661. The number of hydrogen-bond donors (Lipinski definition) is 0. The Labute approximate surface area is 142 Å². The van der Waals surface area contributed by atoms with Crippen molar-refractivity contribution in [2.24, 2.45) is 0 Å². The van der Waals surface area contributed by atoms with Crippen molar-refractivity contribution < 1.29 is 4.79 Å². The van der Waals surface area contributed by atoms with E-state index in [0.29, 0.717) is 0 Å². The van der Waals surface area contributed by atoms with Crippen LogP contribution < -0.4 is 0 Å². The van der Waals surface area contributed by atoms with Crippen LogP contribution in [0.3, 0.4) is 0 Å². The lowest BCUT2D eigenvalue weighted by molar-refractivity contribution is -0.121. The second-order valence-corrected chi connectivity index (χ2v) is 6.68. The molecule has 0 saturated heterocycles. The van der Waals surface area contributed by atoms with Crippen LogP contribution in [0.25, 0.3) is 0 Å². The Balaban J connectivity index is 2.25. The maximum atomic E-state index is 12.8. The summed E-state index contributed by atoms with van der Waals surface area (Å²) >= 11 is 12.1. The fourth-order valence-corrected chi connectivity index (χ4v) is 2.81. The molecule has 0 N–H and O–H groups in total. The van der Waals surface area contributed by atoms with E-state index in [4.69, 9.17) is 23.2 Å². The number of carbonyl (C=O) groups excluding carboxylic acids is 1. The van der Waals surface area contributed by atoms with Crippen molar-refractivity contribution in [3.63, 3.8) is 0 Å². The van der Waals surface area contributed by atoms with Gasteiger partial charge >= 0.3 is 0 Å². The van der Waals surface area contributed by atoms with Crippen LogP contribution in [0.5, 0.6) is 0 Å². The molecule has 0 aliphatic heterocycles. The average molecular weight is 335 g/mol. The number of Topliss-reactive ketones (excluding diaryl/α,β-unsaturated/α-hetero) is 1. The maximum Gasteiger partial charge on any atom is 0.147 e. The van der Waals surface area contributed by atoms with Gasteiger partial charge in [0.05, 0.1) is 0 Å². The SMILES string of the molecule is Cc1cc(C(C)C(=O)C(C)c2ccc(Cl)c(C)c2)ccc1Cl. The summed E-state index contributed by atoms with van der Waals surface area (Å²) in [5, 5.41) is 1.45. The van der Waals surface area contributed by atoms with E-state index in [1.165, 1.54) is 0 Å². The molecule has 2 aromatic rings. The highest BCUT2D eigenvalue weighted by Gasteiger charge is 2.23. The largest absolute Gasteiger partial charge is 0.298 e. The number of ketones is 1. The number of halogens is 2. The normalized spacial score (nSPS) is 13.7. The van der Waals surface area contributed by atoms with Crippen LogP contribution >= 0.6 is 23.2 Å². The van der Waals surface area contributed by atoms with Gasteiger partial charge in [-0.15, -0.1) is 0 Å². The van der Waals surface area contributed by atoms with Gasteiger partial charge in [0.2, 0.25) is 0 Å². The van der Waals surface area contributed by atoms with E-state index in [2.05, 4.69) is 0 Å². The van der Waals surface area contributed by atoms with E-state index >= 15 is 0 Å². The van der Waals surface area contributed by atoms with Gasteiger partial charge in [0.25, 0.3) is 0 Å². The highest BCUT2D eigenvalue weighted by Crippen LogP contribution is 2.29. The van der Waals surface area contributed by atoms with Gasteiger partial charge in [0, 0.05) is 21.9 Å². The summed E-state index contributed by atoms with van der Waals surface area (Å²) in [6, 6.07) is 11.5. The fourth-order valence-electron chi connectivity index (χ4n) is 2.58. The second kappa shape index (κ2) is 6.85. The predicted molar refractivity (Wildman–Crippen MR) is 94.2 cm³/mol. The molecule has 0 fully saturated rings. The number of hydrogen-bond acceptors (Lipinski definition) is 1. The standard InChI is InChI=1S/C19H20Cl2O/c1-11-9-15(5-7-17(11)20)13(3)19(22)14(4)16-6-8-18(21)12(2)10-16/h5-10,13-14H,1-4H3. The van der Waals surface area contributed by atoms with Gasteiger partial charge in [-0.05, 0) is 48.2 Å². The Hall–Kier alpha value is -1.31. The highest BCUT2D eigenvalue weighted by molar-refractivity contribution is 6.31. The molecule has 0 spiro atoms. The maximum absolute atomic E-state index is 12.8. The van der Waals surface area contributed by atoms with Crippen LogP contribution in [0.4, 0.5) is 0 Å². The summed E-state index contributed by atoms with van der Waals surface area (Å²) in [7, 11) is 0. The highest BCUT2D eigenvalue weighted by atomic mass is 35.5. The minimum Gasteiger partial charge on any atom is -0.298 e. The first kappa shape index (κ1) is 17.1. The Morgan fingerprint density at radius 3 is 1.50 bits per heavy atom. The monoisotopic (exact) mass is 334 g/mol. The zero-order valence-electron chi connectivity index (χ0n) is 13.3. The van der Waals surface area contributed by atoms with E-state index in [-0.39, 0.29) is 17.6 Å². The van der Waals surface area contributed by atoms with E-state index in [0.717, 1.165) is 32.3 Å². The molecule has 0 aliphatic carbocycles. The lowest BCUT2D eigenvalue weighted by Crippen LogP contribution is -2.16. The lowest BCUT2D eigenvalue weighted by atomic mass is 9.85. The van der Waals surface area contributed by atoms with Crippen LogP contribution in [0, 0.1) is 13.8 Å². The summed E-state index contributed by atoms with van der Waals surface area (Å²) in [5.74, 6) is -0.132. The molecule has 0 saturated carbocycles. The summed E-state index contributed by atoms with van der Waals surface area (Å²) < 4.78 is 0. The van der Waals surface area contributed by atoms with Gasteiger partial charge in [-0.3, -0.25) is 4.79 Å². The summed E-state index contributed by atoms with van der Waals surface area (Å²) in [6.45, 7) is 7.80. The zero-order chi connectivity index (χ0) is 16.4. The summed E-state index contributed by atoms with van der Waals surface area (Å²) in [5.41, 5.74) is 4.00. The minimum atomic E-state index is -0.165. The van der Waals surface area contributed by atoms with Crippen LogP contribution in [0.2, 0.25) is 10.0 Å². The Morgan fingerprint density at radius 2 is 1.18 bits per heavy atom. The zero-order valence-corrected chi connectivity index (χ0v) is 14.8. The third-order valence-corrected chi connectivity index (χ3v) is 5.07. The Morgan fingerprint density at radius 1 is 0.818 bits per heavy atom. The average Bonchev–Trinajstić information content (AvgIpc) is 2.50. The Bertz CT molecular complexity index is 647. The molecule has 2 atom stereocenters. The first-order chi connectivity index (χ1) is 10.3. The molecule has 0 radical (unpaired) electrons. The van der Waals surface area contributed by atoms with Gasteiger partial charge in [0.1, 0.15) is 5.78 Å². The van der Waals surface area contributed by atoms with Crippen molar-refractivity contribution in [1.29, 1.82) is 0 Å². The van der Waals surface area contributed by atoms with Crippen molar-refractivity contribution >= 4 is 29.0 Å². The van der Waals surface area contributed by atoms with Gasteiger partial charge in [0.15, 0.2) is 0 Å². The number of aryl methyl sites for hydroxylation is 2. The molecular formula is C19H20Cl2O. The molecule has 2 unspecified atom stereocenters. The first-order valence-electron chi connectivity index (χ1n) is 7.37. The van der Waals surface area contributed by atoms with Gasteiger partial charge in [-0.2, -0.15) is 0 Å². The lowest BCUT2D eigenvalue weighted by Gasteiger charge is -2.18. The molecular weight excluding hydrogens is 315 g/mol. The predicted octanol–water partition coefficient (Wildman–Crippen LogP) is 6.09. The Kier molecular flexibility index (Phi) is 5.31. The van der Waals surface area contributed by atoms with Gasteiger partial charge in [-0.25, -0.2) is 0 Å².